The van der Waals surface area contributed by atoms with Crippen molar-refractivity contribution >= 4 is 51.6 Å². The van der Waals surface area contributed by atoms with Crippen molar-refractivity contribution in [2.45, 2.75) is 38.6 Å². The molecule has 2 atom stereocenters. The molecule has 2 aliphatic heterocycles. The molecule has 4 rings (SSSR count). The Kier molecular flexibility index (Phi) is 5.56. The molecular formula is C21H22N4O2S2. The van der Waals surface area contributed by atoms with Crippen molar-refractivity contribution in [1.82, 2.24) is 10.2 Å². The van der Waals surface area contributed by atoms with Crippen molar-refractivity contribution < 1.29 is 9.59 Å². The summed E-state index contributed by atoms with van der Waals surface area (Å²) in [6, 6.07) is 11.2. The molecule has 0 radical (unpaired) electrons. The van der Waals surface area contributed by atoms with Crippen LogP contribution in [0.15, 0.2) is 51.8 Å². The minimum Gasteiger partial charge on any atom is -0.350 e. The first kappa shape index (κ1) is 19.8. The van der Waals surface area contributed by atoms with Gasteiger partial charge in [-0.2, -0.15) is 0 Å². The second kappa shape index (κ2) is 8.12. The van der Waals surface area contributed by atoms with Crippen molar-refractivity contribution in [3.05, 3.63) is 52.2 Å². The number of thiophene rings is 1. The highest BCUT2D eigenvalue weighted by atomic mass is 32.2. The van der Waals surface area contributed by atoms with Crippen LogP contribution in [0.5, 0.6) is 0 Å². The first-order valence-electron chi connectivity index (χ1n) is 9.52. The Labute approximate surface area is 178 Å². The van der Waals surface area contributed by atoms with Crippen molar-refractivity contribution in [3.63, 3.8) is 0 Å². The lowest BCUT2D eigenvalue weighted by Gasteiger charge is -2.27. The smallest absolute Gasteiger partial charge is 0.259 e. The van der Waals surface area contributed by atoms with Crippen molar-refractivity contribution in [3.8, 4) is 0 Å². The molecule has 2 amide bonds. The number of thioether (sulfide) groups is 1. The highest BCUT2D eigenvalue weighted by Gasteiger charge is 2.43. The molecule has 3 heterocycles. The minimum absolute atomic E-state index is 0.0815. The lowest BCUT2D eigenvalue weighted by molar-refractivity contribution is -0.125. The van der Waals surface area contributed by atoms with E-state index in [2.05, 4.69) is 5.32 Å². The van der Waals surface area contributed by atoms with Crippen LogP contribution in [0.1, 0.15) is 31.2 Å². The first-order chi connectivity index (χ1) is 14.0. The molecule has 0 saturated heterocycles. The number of nitrogens with one attached hydrogen (secondary N) is 1. The van der Waals surface area contributed by atoms with E-state index in [1.54, 1.807) is 16.2 Å². The third-order valence-electron chi connectivity index (χ3n) is 4.80. The average molecular weight is 427 g/mol. The van der Waals surface area contributed by atoms with Gasteiger partial charge in [0.2, 0.25) is 5.91 Å². The molecule has 2 aromatic rings. The van der Waals surface area contributed by atoms with E-state index in [1.807, 2.05) is 62.5 Å². The predicted molar refractivity (Wildman–Crippen MR) is 119 cm³/mol. The largest absolute Gasteiger partial charge is 0.350 e. The Morgan fingerprint density at radius 3 is 2.76 bits per heavy atom. The topological polar surface area (TPSA) is 74.1 Å². The average Bonchev–Trinajstić information content (AvgIpc) is 3.34. The number of carbonyl (C=O) groups excluding carboxylic acids is 2. The maximum Gasteiger partial charge on any atom is 0.259 e. The molecule has 8 heteroatoms. The second-order valence-electron chi connectivity index (χ2n) is 7.28. The third-order valence-corrected chi connectivity index (χ3v) is 6.73. The summed E-state index contributed by atoms with van der Waals surface area (Å²) in [6.07, 6.45) is 0. The Bertz CT molecular complexity index is 998. The third kappa shape index (κ3) is 3.86. The first-order valence-corrected chi connectivity index (χ1v) is 11.3. The summed E-state index contributed by atoms with van der Waals surface area (Å²) in [5.41, 5.74) is 1.62. The number of fused-ring (bicyclic) bond motifs is 3. The Balaban J connectivity index is 1.56. The van der Waals surface area contributed by atoms with Gasteiger partial charge in [-0.05, 0) is 36.4 Å². The molecule has 29 heavy (non-hydrogen) atoms. The van der Waals surface area contributed by atoms with E-state index >= 15 is 0 Å². The van der Waals surface area contributed by atoms with E-state index in [1.165, 1.54) is 11.8 Å². The summed E-state index contributed by atoms with van der Waals surface area (Å²) in [5.74, 6) is 0.552. The molecule has 0 saturated carbocycles. The van der Waals surface area contributed by atoms with E-state index in [0.29, 0.717) is 17.5 Å². The highest BCUT2D eigenvalue weighted by molar-refractivity contribution is 8.15. The zero-order valence-corrected chi connectivity index (χ0v) is 18.1. The van der Waals surface area contributed by atoms with Gasteiger partial charge in [0.1, 0.15) is 11.9 Å². The number of amidine groups is 2. The maximum absolute atomic E-state index is 13.1. The molecule has 0 aliphatic carbocycles. The van der Waals surface area contributed by atoms with Crippen LogP contribution in [-0.2, 0) is 16.1 Å². The van der Waals surface area contributed by atoms with Crippen molar-refractivity contribution in [1.29, 1.82) is 0 Å². The van der Waals surface area contributed by atoms with Crippen LogP contribution in [-0.4, -0.2) is 39.0 Å². The van der Waals surface area contributed by atoms with Crippen LogP contribution in [0.3, 0.4) is 0 Å². The molecule has 150 valence electrons. The van der Waals surface area contributed by atoms with Gasteiger partial charge in [-0.15, -0.1) is 11.3 Å². The number of hydrogen-bond acceptors (Lipinski definition) is 6. The number of benzene rings is 1. The van der Waals surface area contributed by atoms with Crippen LogP contribution < -0.4 is 5.32 Å². The molecule has 2 unspecified atom stereocenters. The molecular weight excluding hydrogens is 404 g/mol. The molecule has 0 spiro atoms. The normalized spacial score (nSPS) is 18.8. The van der Waals surface area contributed by atoms with Gasteiger partial charge in [0.15, 0.2) is 5.17 Å². The fraction of sp³-hybridized carbons (Fsp3) is 0.333. The minimum atomic E-state index is -0.426. The maximum atomic E-state index is 13.1. The Morgan fingerprint density at radius 1 is 1.24 bits per heavy atom. The fourth-order valence-electron chi connectivity index (χ4n) is 3.23. The van der Waals surface area contributed by atoms with Crippen LogP contribution >= 0.6 is 23.1 Å². The van der Waals surface area contributed by atoms with Crippen LogP contribution in [0.4, 0.5) is 5.69 Å². The van der Waals surface area contributed by atoms with Crippen LogP contribution in [0, 0.1) is 5.92 Å². The van der Waals surface area contributed by atoms with Gasteiger partial charge in [0.25, 0.3) is 5.91 Å². The summed E-state index contributed by atoms with van der Waals surface area (Å²) < 4.78 is 0. The number of hydrogen-bond donors (Lipinski definition) is 1. The Hall–Kier alpha value is -2.45. The van der Waals surface area contributed by atoms with Gasteiger partial charge < -0.3 is 5.32 Å². The monoisotopic (exact) mass is 426 g/mol. The van der Waals surface area contributed by atoms with Gasteiger partial charge in [-0.1, -0.05) is 43.8 Å². The molecule has 2 aliphatic rings. The quantitative estimate of drug-likeness (QED) is 0.790. The van der Waals surface area contributed by atoms with Crippen LogP contribution in [0.2, 0.25) is 0 Å². The molecule has 1 aromatic heterocycles. The number of amides is 2. The summed E-state index contributed by atoms with van der Waals surface area (Å²) >= 11 is 2.90. The molecule has 0 bridgehead atoms. The number of rotatable bonds is 5. The predicted octanol–water partition coefficient (Wildman–Crippen LogP) is 3.80. The second-order valence-corrected chi connectivity index (χ2v) is 9.62. The lowest BCUT2D eigenvalue weighted by Crippen LogP contribution is -2.43. The number of nitrogens with zero attached hydrogens (tertiary/aromatic N) is 3. The molecule has 1 aromatic carbocycles. The number of para-hydroxylation sites is 1. The molecule has 6 nitrogen and oxygen atoms in total. The zero-order valence-electron chi connectivity index (χ0n) is 16.5. The fourth-order valence-corrected chi connectivity index (χ4v) is 4.81. The summed E-state index contributed by atoms with van der Waals surface area (Å²) in [7, 11) is 0. The highest BCUT2D eigenvalue weighted by Crippen LogP contribution is 2.35. The van der Waals surface area contributed by atoms with Gasteiger partial charge in [0, 0.05) is 10.4 Å². The van der Waals surface area contributed by atoms with E-state index < -0.39 is 11.3 Å². The van der Waals surface area contributed by atoms with Gasteiger partial charge in [-0.3, -0.25) is 14.6 Å². The van der Waals surface area contributed by atoms with Crippen LogP contribution in [0.25, 0.3) is 0 Å². The van der Waals surface area contributed by atoms with E-state index in [9.17, 15) is 9.59 Å². The number of aliphatic imine (C=N–C) groups is 2. The lowest BCUT2D eigenvalue weighted by atomic mass is 10.1. The van der Waals surface area contributed by atoms with Gasteiger partial charge in [-0.25, -0.2) is 9.89 Å². The molecule has 1 N–H and O–H groups in total. The summed E-state index contributed by atoms with van der Waals surface area (Å²) in [6.45, 7) is 6.30. The van der Waals surface area contributed by atoms with E-state index in [0.717, 1.165) is 16.1 Å². The van der Waals surface area contributed by atoms with E-state index in [4.69, 9.17) is 9.98 Å². The molecule has 0 fully saturated rings. The van der Waals surface area contributed by atoms with Gasteiger partial charge in [0.05, 0.1) is 17.5 Å². The van der Waals surface area contributed by atoms with Gasteiger partial charge >= 0.3 is 0 Å². The standard InChI is InChI=1S/C21H22N4O2S2/c1-12(2)17-20(27)25-18(24-17)15-8-4-5-9-16(15)23-21(25)29-13(3)19(26)22-11-14-7-6-10-28-14/h4-10,12-13,17H,11H2,1-3H3,(H,22,26). The Morgan fingerprint density at radius 2 is 2.03 bits per heavy atom. The van der Waals surface area contributed by atoms with E-state index in [-0.39, 0.29) is 17.7 Å². The summed E-state index contributed by atoms with van der Waals surface area (Å²) in [5, 5.41) is 5.05. The number of carbonyl (C=O) groups is 2. The zero-order chi connectivity index (χ0) is 20.5. The van der Waals surface area contributed by atoms with Crippen molar-refractivity contribution in [2.75, 3.05) is 0 Å². The summed E-state index contributed by atoms with van der Waals surface area (Å²) in [4.78, 5) is 37.7. The van der Waals surface area contributed by atoms with Crippen molar-refractivity contribution in [2.24, 2.45) is 15.9 Å². The SMILES string of the molecule is CC(SC1=Nc2ccccc2C2=NC(C(C)C)C(=O)N12)C(=O)NCc1cccs1.